The van der Waals surface area contributed by atoms with Gasteiger partial charge in [-0.2, -0.15) is 11.8 Å². The van der Waals surface area contributed by atoms with Crippen molar-refractivity contribution >= 4 is 23.5 Å². The van der Waals surface area contributed by atoms with Gasteiger partial charge < -0.3 is 0 Å². The third kappa shape index (κ3) is 2.75. The third-order valence-electron chi connectivity index (χ3n) is 1.28. The Morgan fingerprint density at radius 2 is 2.18 bits per heavy atom. The highest BCUT2D eigenvalue weighted by atomic mass is 32.2. The molecule has 3 heteroatoms. The largest absolute Gasteiger partial charge is 0.246 e. The number of thioether (sulfide) groups is 2. The average Bonchev–Trinajstić information content (AvgIpc) is 2.06. The number of nitrogens with zero attached hydrogens (tertiary/aromatic N) is 1. The molecule has 0 aliphatic rings. The summed E-state index contributed by atoms with van der Waals surface area (Å²) < 4.78 is 0. The molecule has 1 nitrogen and oxygen atoms in total. The van der Waals surface area contributed by atoms with E-state index in [0.29, 0.717) is 0 Å². The van der Waals surface area contributed by atoms with Crippen molar-refractivity contribution < 1.29 is 0 Å². The molecule has 0 aromatic carbocycles. The molecular weight excluding hydrogens is 174 g/mol. The van der Waals surface area contributed by atoms with Crippen molar-refractivity contribution in [2.24, 2.45) is 0 Å². The molecule has 0 bridgehead atoms. The van der Waals surface area contributed by atoms with Gasteiger partial charge in [-0.05, 0) is 24.6 Å². The van der Waals surface area contributed by atoms with Gasteiger partial charge in [-0.1, -0.05) is 6.07 Å². The minimum atomic E-state index is 1.01. The molecule has 0 amide bonds. The Morgan fingerprint density at radius 3 is 2.82 bits per heavy atom. The standard InChI is InChI=1S/C8H11NS2/c1-10-6-7-4-3-5-8(9-7)11-2/h3-5H,6H2,1-2H3. The number of hydrogen-bond donors (Lipinski definition) is 0. The van der Waals surface area contributed by atoms with Gasteiger partial charge in [0.2, 0.25) is 0 Å². The van der Waals surface area contributed by atoms with Crippen molar-refractivity contribution in [3.05, 3.63) is 23.9 Å². The summed E-state index contributed by atoms with van der Waals surface area (Å²) in [7, 11) is 0. The van der Waals surface area contributed by atoms with Crippen LogP contribution in [0.25, 0.3) is 0 Å². The highest BCUT2D eigenvalue weighted by Crippen LogP contribution is 2.13. The zero-order valence-corrected chi connectivity index (χ0v) is 8.34. The van der Waals surface area contributed by atoms with E-state index in [9.17, 15) is 0 Å². The fourth-order valence-electron chi connectivity index (χ4n) is 0.800. The van der Waals surface area contributed by atoms with Crippen molar-refractivity contribution in [3.8, 4) is 0 Å². The molecule has 0 saturated carbocycles. The second-order valence-corrected chi connectivity index (χ2v) is 3.80. The summed E-state index contributed by atoms with van der Waals surface area (Å²) in [6, 6.07) is 6.16. The van der Waals surface area contributed by atoms with Gasteiger partial charge in [-0.15, -0.1) is 11.8 Å². The van der Waals surface area contributed by atoms with Crippen molar-refractivity contribution in [1.82, 2.24) is 4.98 Å². The maximum Gasteiger partial charge on any atom is 0.0960 e. The summed E-state index contributed by atoms with van der Waals surface area (Å²) in [6.07, 6.45) is 4.14. The van der Waals surface area contributed by atoms with Gasteiger partial charge in [0.05, 0.1) is 10.7 Å². The van der Waals surface area contributed by atoms with Crippen LogP contribution in [0.15, 0.2) is 23.2 Å². The predicted molar refractivity (Wildman–Crippen MR) is 53.2 cm³/mol. The van der Waals surface area contributed by atoms with E-state index in [1.807, 2.05) is 12.3 Å². The van der Waals surface area contributed by atoms with Crippen LogP contribution in [0, 0.1) is 0 Å². The van der Waals surface area contributed by atoms with Crippen LogP contribution in [0.2, 0.25) is 0 Å². The molecule has 0 fully saturated rings. The average molecular weight is 185 g/mol. The molecule has 0 radical (unpaired) electrons. The van der Waals surface area contributed by atoms with Gasteiger partial charge in [0.15, 0.2) is 0 Å². The first-order valence-corrected chi connectivity index (χ1v) is 5.97. The second-order valence-electron chi connectivity index (χ2n) is 2.10. The highest BCUT2D eigenvalue weighted by Gasteiger charge is 1.94. The molecule has 1 aromatic heterocycles. The topological polar surface area (TPSA) is 12.9 Å². The number of pyridine rings is 1. The van der Waals surface area contributed by atoms with E-state index in [1.54, 1.807) is 23.5 Å². The van der Waals surface area contributed by atoms with E-state index in [-0.39, 0.29) is 0 Å². The van der Waals surface area contributed by atoms with Gasteiger partial charge in [-0.3, -0.25) is 0 Å². The van der Waals surface area contributed by atoms with Crippen LogP contribution in [-0.4, -0.2) is 17.5 Å². The van der Waals surface area contributed by atoms with Gasteiger partial charge in [-0.25, -0.2) is 4.98 Å². The van der Waals surface area contributed by atoms with Gasteiger partial charge in [0.1, 0.15) is 0 Å². The van der Waals surface area contributed by atoms with Crippen LogP contribution in [0.4, 0.5) is 0 Å². The Balaban J connectivity index is 2.74. The maximum absolute atomic E-state index is 4.42. The Morgan fingerprint density at radius 1 is 1.36 bits per heavy atom. The molecule has 0 unspecified atom stereocenters. The van der Waals surface area contributed by atoms with E-state index >= 15 is 0 Å². The summed E-state index contributed by atoms with van der Waals surface area (Å²) in [5.74, 6) is 1.01. The third-order valence-corrected chi connectivity index (χ3v) is 2.51. The van der Waals surface area contributed by atoms with Crippen LogP contribution >= 0.6 is 23.5 Å². The van der Waals surface area contributed by atoms with Crippen molar-refractivity contribution in [2.45, 2.75) is 10.8 Å². The summed E-state index contributed by atoms with van der Waals surface area (Å²) in [4.78, 5) is 4.42. The fraction of sp³-hybridized carbons (Fsp3) is 0.375. The Kier molecular flexibility index (Phi) is 3.80. The fourth-order valence-corrected chi connectivity index (χ4v) is 1.68. The number of hydrogen-bond acceptors (Lipinski definition) is 3. The van der Waals surface area contributed by atoms with Crippen LogP contribution in [-0.2, 0) is 5.75 Å². The Labute approximate surface area is 76.0 Å². The first kappa shape index (κ1) is 8.94. The number of rotatable bonds is 3. The monoisotopic (exact) mass is 185 g/mol. The minimum Gasteiger partial charge on any atom is -0.246 e. The lowest BCUT2D eigenvalue weighted by molar-refractivity contribution is 1.05. The molecule has 0 saturated heterocycles. The highest BCUT2D eigenvalue weighted by molar-refractivity contribution is 7.98. The molecule has 0 spiro atoms. The zero-order chi connectivity index (χ0) is 8.10. The van der Waals surface area contributed by atoms with E-state index < -0.39 is 0 Å². The van der Waals surface area contributed by atoms with E-state index in [1.165, 1.54) is 5.69 Å². The molecule has 0 aliphatic carbocycles. The zero-order valence-electron chi connectivity index (χ0n) is 6.70. The van der Waals surface area contributed by atoms with Crippen molar-refractivity contribution in [2.75, 3.05) is 12.5 Å². The second kappa shape index (κ2) is 4.67. The molecule has 11 heavy (non-hydrogen) atoms. The molecule has 0 atom stereocenters. The molecule has 1 rings (SSSR count). The predicted octanol–water partition coefficient (Wildman–Crippen LogP) is 2.67. The first-order chi connectivity index (χ1) is 5.36. The minimum absolute atomic E-state index is 1.01. The summed E-state index contributed by atoms with van der Waals surface area (Å²) in [5.41, 5.74) is 1.17. The SMILES string of the molecule is CSCc1cccc(SC)n1. The normalized spacial score (nSPS) is 10.0. The lowest BCUT2D eigenvalue weighted by Gasteiger charge is -1.98. The van der Waals surface area contributed by atoms with E-state index in [0.717, 1.165) is 10.8 Å². The van der Waals surface area contributed by atoms with E-state index in [4.69, 9.17) is 0 Å². The molecule has 0 aliphatic heterocycles. The number of aromatic nitrogens is 1. The maximum atomic E-state index is 4.42. The van der Waals surface area contributed by atoms with Gasteiger partial charge >= 0.3 is 0 Å². The van der Waals surface area contributed by atoms with Crippen molar-refractivity contribution in [1.29, 1.82) is 0 Å². The lowest BCUT2D eigenvalue weighted by Crippen LogP contribution is -1.86. The van der Waals surface area contributed by atoms with Crippen LogP contribution < -0.4 is 0 Å². The summed E-state index contributed by atoms with van der Waals surface area (Å²) in [6.45, 7) is 0. The van der Waals surface area contributed by atoms with Gasteiger partial charge in [0, 0.05) is 5.75 Å². The molecule has 60 valence electrons. The summed E-state index contributed by atoms with van der Waals surface area (Å²) in [5, 5.41) is 1.11. The molecule has 1 aromatic rings. The van der Waals surface area contributed by atoms with Crippen LogP contribution in [0.3, 0.4) is 0 Å². The smallest absolute Gasteiger partial charge is 0.0960 e. The van der Waals surface area contributed by atoms with Crippen LogP contribution in [0.1, 0.15) is 5.69 Å². The molecule has 1 heterocycles. The summed E-state index contributed by atoms with van der Waals surface area (Å²) >= 11 is 3.49. The van der Waals surface area contributed by atoms with Gasteiger partial charge in [0.25, 0.3) is 0 Å². The first-order valence-electron chi connectivity index (χ1n) is 3.35. The lowest BCUT2D eigenvalue weighted by atomic mass is 10.4. The van der Waals surface area contributed by atoms with Crippen LogP contribution in [0.5, 0.6) is 0 Å². The quantitative estimate of drug-likeness (QED) is 0.672. The van der Waals surface area contributed by atoms with Crippen molar-refractivity contribution in [3.63, 3.8) is 0 Å². The Bertz CT molecular complexity index is 225. The Hall–Kier alpha value is -0.150. The van der Waals surface area contributed by atoms with E-state index in [2.05, 4.69) is 23.4 Å². The molecular formula is C8H11NS2. The molecule has 0 N–H and O–H groups in total.